The van der Waals surface area contributed by atoms with Crippen LogP contribution in [-0.4, -0.2) is 53.0 Å². The second-order valence-corrected chi connectivity index (χ2v) is 13.5. The highest BCUT2D eigenvalue weighted by Crippen LogP contribution is 2.47. The van der Waals surface area contributed by atoms with Crippen molar-refractivity contribution in [2.24, 2.45) is 11.8 Å². The number of nitrogens with zero attached hydrogens (tertiary/aromatic N) is 2. The summed E-state index contributed by atoms with van der Waals surface area (Å²) in [5, 5.41) is 0. The Labute approximate surface area is 253 Å². The molecule has 4 nitrogen and oxygen atoms in total. The summed E-state index contributed by atoms with van der Waals surface area (Å²) >= 11 is 0. The van der Waals surface area contributed by atoms with Gasteiger partial charge in [0.1, 0.15) is 5.82 Å². The number of rotatable bonds is 5. The molecule has 11 heteroatoms. The Morgan fingerprint density at radius 2 is 1.43 bits per heavy atom. The first-order valence-corrected chi connectivity index (χ1v) is 15.2. The molecule has 5 atom stereocenters. The SMILES string of the molecule is C[C@@H](O[C@H]1CN2C(=O)CC(C3CCN(C(C)(C)C)CC3)C[C@H]2C1c1ccc(F)cc1)c1cc(C(F)(F)F)cc(C(F)(F)F)c1. The monoisotopic (exact) mass is 628 g/mol. The minimum absolute atomic E-state index is 0.0335. The lowest BCUT2D eigenvalue weighted by Gasteiger charge is -2.45. The van der Waals surface area contributed by atoms with E-state index in [1.807, 2.05) is 0 Å². The molecule has 3 fully saturated rings. The van der Waals surface area contributed by atoms with Crippen LogP contribution in [-0.2, 0) is 21.9 Å². The quantitative estimate of drug-likeness (QED) is 0.313. The first-order valence-electron chi connectivity index (χ1n) is 15.2. The largest absolute Gasteiger partial charge is 0.416 e. The molecule has 3 heterocycles. The zero-order valence-corrected chi connectivity index (χ0v) is 25.3. The molecule has 0 spiro atoms. The van der Waals surface area contributed by atoms with Crippen LogP contribution < -0.4 is 0 Å². The number of fused-ring (bicyclic) bond motifs is 1. The molecule has 242 valence electrons. The van der Waals surface area contributed by atoms with Gasteiger partial charge in [-0.1, -0.05) is 12.1 Å². The van der Waals surface area contributed by atoms with Crippen molar-refractivity contribution in [3.8, 4) is 0 Å². The molecule has 2 aromatic rings. The summed E-state index contributed by atoms with van der Waals surface area (Å²) in [6, 6.07) is 7.03. The summed E-state index contributed by atoms with van der Waals surface area (Å²) < 4.78 is 101. The highest BCUT2D eigenvalue weighted by molar-refractivity contribution is 5.78. The lowest BCUT2D eigenvalue weighted by Crippen LogP contribution is -2.50. The number of likely N-dealkylation sites (tertiary alicyclic amines) is 1. The smallest absolute Gasteiger partial charge is 0.368 e. The van der Waals surface area contributed by atoms with Crippen molar-refractivity contribution in [2.45, 2.75) is 95.4 Å². The number of benzene rings is 2. The molecule has 2 aromatic carbocycles. The summed E-state index contributed by atoms with van der Waals surface area (Å²) in [6.07, 6.45) is -8.79. The first-order chi connectivity index (χ1) is 20.4. The van der Waals surface area contributed by atoms with Gasteiger partial charge < -0.3 is 9.64 Å². The van der Waals surface area contributed by atoms with Crippen LogP contribution in [0.5, 0.6) is 0 Å². The molecule has 0 aromatic heterocycles. The van der Waals surface area contributed by atoms with Gasteiger partial charge in [0.15, 0.2) is 0 Å². The Morgan fingerprint density at radius 3 is 1.95 bits per heavy atom. The predicted octanol–water partition coefficient (Wildman–Crippen LogP) is 8.22. The normalized spacial score (nSPS) is 26.6. The average molecular weight is 629 g/mol. The third kappa shape index (κ3) is 6.93. The molecule has 3 aliphatic heterocycles. The molecule has 0 bridgehead atoms. The van der Waals surface area contributed by atoms with Gasteiger partial charge >= 0.3 is 12.4 Å². The van der Waals surface area contributed by atoms with Crippen molar-refractivity contribution in [3.05, 3.63) is 70.5 Å². The third-order valence-corrected chi connectivity index (χ3v) is 9.76. The highest BCUT2D eigenvalue weighted by atomic mass is 19.4. The zero-order valence-electron chi connectivity index (χ0n) is 25.3. The van der Waals surface area contributed by atoms with E-state index < -0.39 is 47.4 Å². The Balaban J connectivity index is 1.42. The molecule has 0 N–H and O–H groups in total. The number of ether oxygens (including phenoxy) is 1. The van der Waals surface area contributed by atoms with Gasteiger partial charge in [-0.2, -0.15) is 26.3 Å². The summed E-state index contributed by atoms with van der Waals surface area (Å²) in [6.45, 7) is 10.0. The Hall–Kier alpha value is -2.66. The van der Waals surface area contributed by atoms with Crippen molar-refractivity contribution in [1.82, 2.24) is 9.80 Å². The second-order valence-electron chi connectivity index (χ2n) is 13.5. The van der Waals surface area contributed by atoms with Gasteiger partial charge in [0, 0.05) is 30.5 Å². The molecule has 0 aliphatic carbocycles. The van der Waals surface area contributed by atoms with E-state index >= 15 is 0 Å². The molecule has 0 saturated carbocycles. The van der Waals surface area contributed by atoms with E-state index in [2.05, 4.69) is 25.7 Å². The molecule has 0 radical (unpaired) electrons. The van der Waals surface area contributed by atoms with Crippen LogP contribution in [0, 0.1) is 17.7 Å². The fraction of sp³-hybridized carbons (Fsp3) is 0.606. The third-order valence-electron chi connectivity index (χ3n) is 9.76. The van der Waals surface area contributed by atoms with E-state index in [-0.39, 0.29) is 41.6 Å². The van der Waals surface area contributed by atoms with E-state index in [4.69, 9.17) is 4.74 Å². The number of halogens is 7. The number of alkyl halides is 6. The lowest BCUT2D eigenvalue weighted by molar-refractivity contribution is -0.143. The summed E-state index contributed by atoms with van der Waals surface area (Å²) in [5.41, 5.74) is -2.30. The van der Waals surface area contributed by atoms with E-state index in [1.54, 1.807) is 17.0 Å². The van der Waals surface area contributed by atoms with E-state index in [0.29, 0.717) is 36.5 Å². The van der Waals surface area contributed by atoms with Gasteiger partial charge in [-0.25, -0.2) is 4.39 Å². The van der Waals surface area contributed by atoms with Gasteiger partial charge in [-0.05, 0) is 113 Å². The molecule has 1 amide bonds. The Kier molecular flexibility index (Phi) is 8.87. The maximum absolute atomic E-state index is 13.9. The van der Waals surface area contributed by atoms with Crippen molar-refractivity contribution in [1.29, 1.82) is 0 Å². The van der Waals surface area contributed by atoms with Crippen LogP contribution in [0.3, 0.4) is 0 Å². The Morgan fingerprint density at radius 1 is 0.864 bits per heavy atom. The number of carbonyl (C=O) groups is 1. The fourth-order valence-electron chi connectivity index (χ4n) is 7.38. The van der Waals surface area contributed by atoms with Gasteiger partial charge in [0.2, 0.25) is 5.91 Å². The van der Waals surface area contributed by atoms with Crippen molar-refractivity contribution in [3.63, 3.8) is 0 Å². The fourth-order valence-corrected chi connectivity index (χ4v) is 7.38. The molecule has 5 rings (SSSR count). The number of hydrogen-bond donors (Lipinski definition) is 0. The lowest BCUT2D eigenvalue weighted by atomic mass is 9.73. The van der Waals surface area contributed by atoms with Crippen LogP contribution in [0.25, 0.3) is 0 Å². The summed E-state index contributed by atoms with van der Waals surface area (Å²) in [7, 11) is 0. The second kappa shape index (κ2) is 11.9. The van der Waals surface area contributed by atoms with Crippen LogP contribution in [0.2, 0.25) is 0 Å². The predicted molar refractivity (Wildman–Crippen MR) is 151 cm³/mol. The summed E-state index contributed by atoms with van der Waals surface area (Å²) in [5.74, 6) is -0.399. The van der Waals surface area contributed by atoms with E-state index in [0.717, 1.165) is 25.9 Å². The van der Waals surface area contributed by atoms with Crippen molar-refractivity contribution in [2.75, 3.05) is 19.6 Å². The minimum atomic E-state index is -4.98. The van der Waals surface area contributed by atoms with Gasteiger partial charge in [-0.3, -0.25) is 9.69 Å². The molecule has 3 saturated heterocycles. The topological polar surface area (TPSA) is 32.8 Å². The molecular formula is C33H39F7N2O2. The van der Waals surface area contributed by atoms with Gasteiger partial charge in [-0.15, -0.1) is 0 Å². The number of piperidine rings is 2. The van der Waals surface area contributed by atoms with Crippen molar-refractivity contribution < 1.29 is 40.3 Å². The number of carbonyl (C=O) groups excluding carboxylic acids is 1. The Bertz CT molecular complexity index is 1300. The van der Waals surface area contributed by atoms with Crippen LogP contribution in [0.4, 0.5) is 30.7 Å². The van der Waals surface area contributed by atoms with Crippen LogP contribution >= 0.6 is 0 Å². The molecular weight excluding hydrogens is 589 g/mol. The average Bonchev–Trinajstić information content (AvgIpc) is 3.30. The maximum atomic E-state index is 13.9. The van der Waals surface area contributed by atoms with E-state index in [9.17, 15) is 35.5 Å². The number of amides is 1. The standard InChI is InChI=1S/C33H39F7N2O2/c1-19(22-13-24(32(35,36)37)17-25(14-22)33(38,39)40)44-28-18-42-27(30(28)21-5-7-26(34)8-6-21)15-23(16-29(42)43)20-9-11-41(12-10-20)31(2,3)4/h5-8,13-14,17,19-20,23,27-28,30H,9-12,15-16,18H2,1-4H3/t19-,23?,27+,28+,30?/m1/s1. The van der Waals surface area contributed by atoms with Gasteiger partial charge in [0.05, 0.1) is 23.3 Å². The van der Waals surface area contributed by atoms with Crippen LogP contribution in [0.15, 0.2) is 42.5 Å². The molecule has 3 aliphatic rings. The van der Waals surface area contributed by atoms with Crippen molar-refractivity contribution >= 4 is 5.91 Å². The molecule has 2 unspecified atom stereocenters. The number of hydrogen-bond acceptors (Lipinski definition) is 3. The van der Waals surface area contributed by atoms with Gasteiger partial charge in [0.25, 0.3) is 0 Å². The zero-order chi connectivity index (χ0) is 32.2. The van der Waals surface area contributed by atoms with Crippen LogP contribution in [0.1, 0.15) is 87.7 Å². The molecule has 44 heavy (non-hydrogen) atoms. The highest BCUT2D eigenvalue weighted by Gasteiger charge is 2.51. The van der Waals surface area contributed by atoms with E-state index in [1.165, 1.54) is 19.1 Å². The maximum Gasteiger partial charge on any atom is 0.416 e. The summed E-state index contributed by atoms with van der Waals surface area (Å²) in [4.78, 5) is 17.7. The first kappa shape index (κ1) is 32.7. The minimum Gasteiger partial charge on any atom is -0.368 e.